The van der Waals surface area contributed by atoms with Crippen molar-refractivity contribution in [2.24, 2.45) is 0 Å². The predicted octanol–water partition coefficient (Wildman–Crippen LogP) is 3.12. The van der Waals surface area contributed by atoms with Gasteiger partial charge in [-0.15, -0.1) is 0 Å². The van der Waals surface area contributed by atoms with E-state index in [1.807, 2.05) is 0 Å². The fourth-order valence-corrected chi connectivity index (χ4v) is 2.01. The molecule has 0 atom stereocenters. The second-order valence-electron chi connectivity index (χ2n) is 4.22. The van der Waals surface area contributed by atoms with Crippen LogP contribution in [0.25, 0.3) is 0 Å². The Labute approximate surface area is 122 Å². The highest BCUT2D eigenvalue weighted by atomic mass is 79.9. The minimum Gasteiger partial charge on any atom is -0.382 e. The number of nitrogens with one attached hydrogen (secondary N) is 1. The highest BCUT2D eigenvalue weighted by Gasteiger charge is 2.01. The van der Waals surface area contributed by atoms with Crippen molar-refractivity contribution in [1.29, 1.82) is 0 Å². The summed E-state index contributed by atoms with van der Waals surface area (Å²) >= 11 is 3.34. The van der Waals surface area contributed by atoms with Crippen molar-refractivity contribution in [3.8, 4) is 0 Å². The molecule has 0 saturated carbocycles. The fraction of sp³-hybridized carbons (Fsp3) is 0.571. The number of halogens is 2. The van der Waals surface area contributed by atoms with Gasteiger partial charge in [-0.1, -0.05) is 15.9 Å². The number of benzene rings is 1. The second kappa shape index (κ2) is 10.3. The number of methoxy groups -OCH3 is 1. The summed E-state index contributed by atoms with van der Waals surface area (Å²) in [4.78, 5) is 0. The molecular weight excluding hydrogens is 313 g/mol. The van der Waals surface area contributed by atoms with Crippen LogP contribution in [0.15, 0.2) is 22.7 Å². The van der Waals surface area contributed by atoms with E-state index in [1.165, 1.54) is 6.07 Å². The van der Waals surface area contributed by atoms with Crippen LogP contribution in [0.1, 0.15) is 18.4 Å². The first-order valence-corrected chi connectivity index (χ1v) is 7.24. The number of hydrogen-bond acceptors (Lipinski definition) is 3. The van der Waals surface area contributed by atoms with Crippen molar-refractivity contribution in [1.82, 2.24) is 5.32 Å². The van der Waals surface area contributed by atoms with Crippen molar-refractivity contribution in [3.63, 3.8) is 0 Å². The smallest absolute Gasteiger partial charge is 0.127 e. The molecular formula is C14H21BrFNO2. The first kappa shape index (κ1) is 16.6. The Hall–Kier alpha value is -0.490. The third-order valence-corrected chi connectivity index (χ3v) is 3.14. The minimum atomic E-state index is -0.168. The van der Waals surface area contributed by atoms with Crippen LogP contribution in [-0.2, 0) is 16.0 Å². The van der Waals surface area contributed by atoms with Gasteiger partial charge in [-0.3, -0.25) is 0 Å². The van der Waals surface area contributed by atoms with Crippen molar-refractivity contribution < 1.29 is 13.9 Å². The van der Waals surface area contributed by atoms with E-state index in [4.69, 9.17) is 9.47 Å². The molecule has 5 heteroatoms. The molecule has 1 aromatic rings. The molecule has 3 nitrogen and oxygen atoms in total. The van der Waals surface area contributed by atoms with Crippen LogP contribution in [0.5, 0.6) is 0 Å². The standard InChI is InChI=1S/C14H21BrFNO2/c1-18-8-9-19-7-3-2-6-17-11-12-10-13(15)4-5-14(12)16/h4-5,10,17H,2-3,6-9,11H2,1H3. The van der Waals surface area contributed by atoms with Gasteiger partial charge < -0.3 is 14.8 Å². The summed E-state index contributed by atoms with van der Waals surface area (Å²) in [7, 11) is 1.66. The van der Waals surface area contributed by atoms with Crippen LogP contribution in [0.4, 0.5) is 4.39 Å². The van der Waals surface area contributed by atoms with Crippen LogP contribution < -0.4 is 5.32 Å². The third kappa shape index (κ3) is 7.62. The van der Waals surface area contributed by atoms with E-state index in [1.54, 1.807) is 19.2 Å². The molecule has 1 N–H and O–H groups in total. The molecule has 0 heterocycles. The van der Waals surface area contributed by atoms with Crippen LogP contribution in [-0.4, -0.2) is 33.5 Å². The molecule has 0 amide bonds. The lowest BCUT2D eigenvalue weighted by Gasteiger charge is -2.07. The molecule has 0 saturated heterocycles. The molecule has 19 heavy (non-hydrogen) atoms. The van der Waals surface area contributed by atoms with E-state index in [0.717, 1.165) is 30.5 Å². The number of rotatable bonds is 10. The highest BCUT2D eigenvalue weighted by molar-refractivity contribution is 9.10. The Morgan fingerprint density at radius 2 is 2.05 bits per heavy atom. The lowest BCUT2D eigenvalue weighted by molar-refractivity contribution is 0.0688. The topological polar surface area (TPSA) is 30.5 Å². The zero-order valence-corrected chi connectivity index (χ0v) is 12.8. The van der Waals surface area contributed by atoms with Gasteiger partial charge in [0.2, 0.25) is 0 Å². The van der Waals surface area contributed by atoms with Gasteiger partial charge >= 0.3 is 0 Å². The van der Waals surface area contributed by atoms with Crippen molar-refractivity contribution in [2.45, 2.75) is 19.4 Å². The minimum absolute atomic E-state index is 0.168. The Kier molecular flexibility index (Phi) is 8.99. The summed E-state index contributed by atoms with van der Waals surface area (Å²) in [5.41, 5.74) is 0.686. The zero-order chi connectivity index (χ0) is 13.9. The quantitative estimate of drug-likeness (QED) is 0.667. The fourth-order valence-electron chi connectivity index (χ4n) is 1.60. The van der Waals surface area contributed by atoms with Crippen molar-refractivity contribution in [2.75, 3.05) is 33.5 Å². The van der Waals surface area contributed by atoms with Crippen molar-refractivity contribution in [3.05, 3.63) is 34.1 Å². The molecule has 108 valence electrons. The first-order valence-electron chi connectivity index (χ1n) is 6.45. The van der Waals surface area contributed by atoms with E-state index in [2.05, 4.69) is 21.2 Å². The Morgan fingerprint density at radius 1 is 1.21 bits per heavy atom. The Bertz CT molecular complexity index is 363. The zero-order valence-electron chi connectivity index (χ0n) is 11.3. The van der Waals surface area contributed by atoms with E-state index < -0.39 is 0 Å². The normalized spacial score (nSPS) is 10.9. The van der Waals surface area contributed by atoms with Gasteiger partial charge in [0, 0.05) is 30.3 Å². The molecule has 0 aliphatic rings. The maximum atomic E-state index is 13.4. The molecule has 0 spiro atoms. The van der Waals surface area contributed by atoms with Crippen LogP contribution in [0.2, 0.25) is 0 Å². The monoisotopic (exact) mass is 333 g/mol. The maximum absolute atomic E-state index is 13.4. The molecule has 0 aliphatic heterocycles. The molecule has 1 rings (SSSR count). The molecule has 0 aromatic heterocycles. The van der Waals surface area contributed by atoms with Crippen LogP contribution >= 0.6 is 15.9 Å². The molecule has 0 bridgehead atoms. The van der Waals surface area contributed by atoms with Gasteiger partial charge in [-0.05, 0) is 37.6 Å². The molecule has 0 fully saturated rings. The second-order valence-corrected chi connectivity index (χ2v) is 5.14. The van der Waals surface area contributed by atoms with Gasteiger partial charge in [-0.2, -0.15) is 0 Å². The molecule has 0 aliphatic carbocycles. The summed E-state index contributed by atoms with van der Waals surface area (Å²) in [6, 6.07) is 4.98. The Morgan fingerprint density at radius 3 is 2.84 bits per heavy atom. The van der Waals surface area contributed by atoms with Crippen LogP contribution in [0.3, 0.4) is 0 Å². The third-order valence-electron chi connectivity index (χ3n) is 2.65. The molecule has 0 radical (unpaired) electrons. The summed E-state index contributed by atoms with van der Waals surface area (Å²) in [6.45, 7) is 3.44. The van der Waals surface area contributed by atoms with Gasteiger partial charge in [0.05, 0.1) is 13.2 Å². The lowest BCUT2D eigenvalue weighted by Crippen LogP contribution is -2.16. The summed E-state index contributed by atoms with van der Waals surface area (Å²) in [6.07, 6.45) is 2.01. The number of hydrogen-bond donors (Lipinski definition) is 1. The number of unbranched alkanes of at least 4 members (excludes halogenated alkanes) is 1. The molecule has 0 unspecified atom stereocenters. The average Bonchev–Trinajstić information content (AvgIpc) is 2.40. The lowest BCUT2D eigenvalue weighted by atomic mass is 10.2. The summed E-state index contributed by atoms with van der Waals surface area (Å²) < 4.78 is 24.6. The highest BCUT2D eigenvalue weighted by Crippen LogP contribution is 2.15. The van der Waals surface area contributed by atoms with Gasteiger partial charge in [0.15, 0.2) is 0 Å². The van der Waals surface area contributed by atoms with E-state index in [-0.39, 0.29) is 5.82 Å². The van der Waals surface area contributed by atoms with E-state index in [9.17, 15) is 4.39 Å². The maximum Gasteiger partial charge on any atom is 0.127 e. The molecule has 1 aromatic carbocycles. The van der Waals surface area contributed by atoms with Gasteiger partial charge in [-0.25, -0.2) is 4.39 Å². The van der Waals surface area contributed by atoms with E-state index in [0.29, 0.717) is 25.3 Å². The number of ether oxygens (including phenoxy) is 2. The van der Waals surface area contributed by atoms with Crippen molar-refractivity contribution >= 4 is 15.9 Å². The van der Waals surface area contributed by atoms with Crippen LogP contribution in [0, 0.1) is 5.82 Å². The average molecular weight is 334 g/mol. The SMILES string of the molecule is COCCOCCCCNCc1cc(Br)ccc1F. The first-order chi connectivity index (χ1) is 9.24. The van der Waals surface area contributed by atoms with Gasteiger partial charge in [0.1, 0.15) is 5.82 Å². The Balaban J connectivity index is 2.03. The summed E-state index contributed by atoms with van der Waals surface area (Å²) in [5.74, 6) is -0.168. The largest absolute Gasteiger partial charge is 0.382 e. The van der Waals surface area contributed by atoms with E-state index >= 15 is 0 Å². The van der Waals surface area contributed by atoms with Gasteiger partial charge in [0.25, 0.3) is 0 Å². The predicted molar refractivity (Wildman–Crippen MR) is 77.7 cm³/mol. The summed E-state index contributed by atoms with van der Waals surface area (Å²) in [5, 5.41) is 3.23.